The van der Waals surface area contributed by atoms with Crippen molar-refractivity contribution in [3.8, 4) is 0 Å². The predicted molar refractivity (Wildman–Crippen MR) is 65.8 cm³/mol. The van der Waals surface area contributed by atoms with Gasteiger partial charge in [-0.1, -0.05) is 20.8 Å². The summed E-state index contributed by atoms with van der Waals surface area (Å²) in [5, 5.41) is 18.5. The average molecular weight is 258 g/mol. The Morgan fingerprint density at radius 1 is 1.44 bits per heavy atom. The fraction of sp³-hybridized carbons (Fsp3) is 0.833. The van der Waals surface area contributed by atoms with Crippen molar-refractivity contribution in [2.75, 3.05) is 6.54 Å². The number of nitrogens with two attached hydrogens (primary N) is 1. The standard InChI is InChI=1S/C12H22N2O4/c1-12(2,3)9(13)5-10(16)14-6-7(15)4-8(14)11(17)18/h7-9,15H,4-6,13H2,1-3H3,(H,17,18)/t7-,8+,9?/m1/s1. The smallest absolute Gasteiger partial charge is 0.326 e. The van der Waals surface area contributed by atoms with Crippen molar-refractivity contribution >= 4 is 11.9 Å². The lowest BCUT2D eigenvalue weighted by Crippen LogP contribution is -2.45. The first-order valence-electron chi connectivity index (χ1n) is 6.09. The third kappa shape index (κ3) is 3.43. The zero-order valence-electron chi connectivity index (χ0n) is 11.1. The number of hydrogen-bond donors (Lipinski definition) is 3. The monoisotopic (exact) mass is 258 g/mol. The van der Waals surface area contributed by atoms with Crippen LogP contribution >= 0.6 is 0 Å². The first-order chi connectivity index (χ1) is 8.12. The molecule has 1 aliphatic rings. The van der Waals surface area contributed by atoms with Gasteiger partial charge in [-0.25, -0.2) is 4.79 Å². The molecule has 6 nitrogen and oxygen atoms in total. The Balaban J connectivity index is 2.69. The molecule has 1 unspecified atom stereocenters. The molecule has 1 fully saturated rings. The van der Waals surface area contributed by atoms with E-state index in [0.717, 1.165) is 0 Å². The maximum absolute atomic E-state index is 12.0. The van der Waals surface area contributed by atoms with Crippen LogP contribution < -0.4 is 5.73 Å². The van der Waals surface area contributed by atoms with Crippen molar-refractivity contribution in [1.29, 1.82) is 0 Å². The molecule has 0 aliphatic carbocycles. The van der Waals surface area contributed by atoms with Gasteiger partial charge < -0.3 is 20.8 Å². The quantitative estimate of drug-likeness (QED) is 0.650. The largest absolute Gasteiger partial charge is 0.480 e. The summed E-state index contributed by atoms with van der Waals surface area (Å²) < 4.78 is 0. The van der Waals surface area contributed by atoms with Gasteiger partial charge in [0.25, 0.3) is 0 Å². The number of carbonyl (C=O) groups is 2. The topological polar surface area (TPSA) is 104 Å². The number of β-amino-alcohol motifs (C(OH)–C–C–N with tert-alkyl or cyclic N) is 1. The molecule has 1 rings (SSSR count). The number of aliphatic hydroxyl groups excluding tert-OH is 1. The summed E-state index contributed by atoms with van der Waals surface area (Å²) in [4.78, 5) is 24.3. The van der Waals surface area contributed by atoms with Crippen molar-refractivity contribution in [2.24, 2.45) is 11.1 Å². The van der Waals surface area contributed by atoms with Crippen LogP contribution in [0.15, 0.2) is 0 Å². The third-order valence-electron chi connectivity index (χ3n) is 3.39. The van der Waals surface area contributed by atoms with E-state index in [4.69, 9.17) is 10.8 Å². The normalized spacial score (nSPS) is 26.2. The highest BCUT2D eigenvalue weighted by atomic mass is 16.4. The highest BCUT2D eigenvalue weighted by Gasteiger charge is 2.39. The van der Waals surface area contributed by atoms with Crippen LogP contribution in [-0.2, 0) is 9.59 Å². The van der Waals surface area contributed by atoms with Gasteiger partial charge in [-0.2, -0.15) is 0 Å². The van der Waals surface area contributed by atoms with Crippen molar-refractivity contribution < 1.29 is 19.8 Å². The van der Waals surface area contributed by atoms with E-state index < -0.39 is 18.1 Å². The molecule has 4 N–H and O–H groups in total. The van der Waals surface area contributed by atoms with E-state index in [-0.39, 0.29) is 36.8 Å². The summed E-state index contributed by atoms with van der Waals surface area (Å²) in [5.41, 5.74) is 5.70. The van der Waals surface area contributed by atoms with Crippen molar-refractivity contribution in [1.82, 2.24) is 4.90 Å². The van der Waals surface area contributed by atoms with Crippen LogP contribution in [0.5, 0.6) is 0 Å². The molecule has 0 saturated carbocycles. The molecule has 6 heteroatoms. The molecule has 1 amide bonds. The zero-order chi connectivity index (χ0) is 14.1. The summed E-state index contributed by atoms with van der Waals surface area (Å²) in [6, 6.07) is -1.27. The predicted octanol–water partition coefficient (Wildman–Crippen LogP) is -0.204. The number of aliphatic hydroxyl groups is 1. The molecule has 0 bridgehead atoms. The number of likely N-dealkylation sites (tertiary alicyclic amines) is 1. The second kappa shape index (κ2) is 5.24. The maximum atomic E-state index is 12.0. The molecule has 0 spiro atoms. The van der Waals surface area contributed by atoms with Crippen LogP contribution in [0, 0.1) is 5.41 Å². The lowest BCUT2D eigenvalue weighted by Gasteiger charge is -2.29. The Kier molecular flexibility index (Phi) is 4.34. The first-order valence-corrected chi connectivity index (χ1v) is 6.09. The molecule has 0 radical (unpaired) electrons. The van der Waals surface area contributed by atoms with E-state index in [2.05, 4.69) is 0 Å². The van der Waals surface area contributed by atoms with Crippen LogP contribution in [0.25, 0.3) is 0 Å². The van der Waals surface area contributed by atoms with Gasteiger partial charge in [0.2, 0.25) is 5.91 Å². The Bertz CT molecular complexity index is 337. The van der Waals surface area contributed by atoms with E-state index >= 15 is 0 Å². The Labute approximate surface area is 107 Å². The second-order valence-corrected chi connectivity index (χ2v) is 5.97. The Morgan fingerprint density at radius 3 is 2.44 bits per heavy atom. The minimum Gasteiger partial charge on any atom is -0.480 e. The van der Waals surface area contributed by atoms with E-state index in [1.807, 2.05) is 20.8 Å². The van der Waals surface area contributed by atoms with Gasteiger partial charge in [-0.3, -0.25) is 4.79 Å². The summed E-state index contributed by atoms with van der Waals surface area (Å²) in [5.74, 6) is -1.38. The van der Waals surface area contributed by atoms with Crippen LogP contribution in [0.4, 0.5) is 0 Å². The van der Waals surface area contributed by atoms with Gasteiger partial charge in [-0.15, -0.1) is 0 Å². The van der Waals surface area contributed by atoms with Gasteiger partial charge in [0.15, 0.2) is 0 Å². The molecule has 1 saturated heterocycles. The van der Waals surface area contributed by atoms with E-state index in [9.17, 15) is 14.7 Å². The Morgan fingerprint density at radius 2 is 2.00 bits per heavy atom. The molecular weight excluding hydrogens is 236 g/mol. The highest BCUT2D eigenvalue weighted by Crippen LogP contribution is 2.24. The Hall–Kier alpha value is -1.14. The lowest BCUT2D eigenvalue weighted by molar-refractivity contribution is -0.148. The van der Waals surface area contributed by atoms with Gasteiger partial charge in [0.1, 0.15) is 6.04 Å². The summed E-state index contributed by atoms with van der Waals surface area (Å²) >= 11 is 0. The minimum absolute atomic E-state index is 0.0761. The molecule has 0 aromatic heterocycles. The maximum Gasteiger partial charge on any atom is 0.326 e. The molecule has 0 aromatic rings. The average Bonchev–Trinajstić information content (AvgIpc) is 2.58. The van der Waals surface area contributed by atoms with Gasteiger partial charge in [-0.05, 0) is 5.41 Å². The second-order valence-electron chi connectivity index (χ2n) is 5.97. The van der Waals surface area contributed by atoms with Crippen LogP contribution in [0.3, 0.4) is 0 Å². The summed E-state index contributed by atoms with van der Waals surface area (Å²) in [6.07, 6.45) is -0.577. The fourth-order valence-corrected chi connectivity index (χ4v) is 1.94. The van der Waals surface area contributed by atoms with E-state index in [0.29, 0.717) is 0 Å². The summed E-state index contributed by atoms with van der Waals surface area (Å²) in [6.45, 7) is 5.86. The van der Waals surface area contributed by atoms with Crippen LogP contribution in [0.1, 0.15) is 33.6 Å². The van der Waals surface area contributed by atoms with Crippen LogP contribution in [0.2, 0.25) is 0 Å². The van der Waals surface area contributed by atoms with E-state index in [1.165, 1.54) is 4.90 Å². The molecule has 1 aliphatic heterocycles. The van der Waals surface area contributed by atoms with E-state index in [1.54, 1.807) is 0 Å². The minimum atomic E-state index is -1.08. The molecule has 18 heavy (non-hydrogen) atoms. The molecule has 1 heterocycles. The number of carbonyl (C=O) groups excluding carboxylic acids is 1. The molecule has 3 atom stereocenters. The molecule has 104 valence electrons. The van der Waals surface area contributed by atoms with Gasteiger partial charge in [0, 0.05) is 25.4 Å². The highest BCUT2D eigenvalue weighted by molar-refractivity contribution is 5.84. The number of nitrogens with zero attached hydrogens (tertiary/aromatic N) is 1. The van der Waals surface area contributed by atoms with Gasteiger partial charge >= 0.3 is 5.97 Å². The van der Waals surface area contributed by atoms with Crippen molar-refractivity contribution in [3.05, 3.63) is 0 Å². The van der Waals surface area contributed by atoms with Crippen LogP contribution in [-0.4, -0.2) is 51.7 Å². The number of carboxylic acid groups (broad SMARTS) is 1. The number of amides is 1. The van der Waals surface area contributed by atoms with Crippen molar-refractivity contribution in [3.63, 3.8) is 0 Å². The number of aliphatic carboxylic acids is 1. The summed E-state index contributed by atoms with van der Waals surface area (Å²) in [7, 11) is 0. The zero-order valence-corrected chi connectivity index (χ0v) is 11.1. The molecular formula is C12H22N2O4. The number of rotatable bonds is 3. The number of hydrogen-bond acceptors (Lipinski definition) is 4. The van der Waals surface area contributed by atoms with Crippen molar-refractivity contribution in [2.45, 2.75) is 51.8 Å². The third-order valence-corrected chi connectivity index (χ3v) is 3.39. The van der Waals surface area contributed by atoms with Gasteiger partial charge in [0.05, 0.1) is 6.10 Å². The lowest BCUT2D eigenvalue weighted by atomic mass is 9.85. The fourth-order valence-electron chi connectivity index (χ4n) is 1.94. The number of carboxylic acids is 1. The molecule has 0 aromatic carbocycles. The first kappa shape index (κ1) is 14.9. The SMILES string of the molecule is CC(C)(C)C(N)CC(=O)N1C[C@H](O)C[C@H]1C(=O)O.